The maximum atomic E-state index is 12.9. The molecule has 0 amide bonds. The molecule has 1 aliphatic rings. The molecule has 0 aromatic heterocycles. The van der Waals surface area contributed by atoms with Crippen LogP contribution in [0, 0.1) is 13.8 Å². The maximum Gasteiger partial charge on any atom is 0.332 e. The Hall–Kier alpha value is -2.86. The predicted molar refractivity (Wildman–Crippen MR) is 100 cm³/mol. The summed E-state index contributed by atoms with van der Waals surface area (Å²) >= 11 is 0. The lowest BCUT2D eigenvalue weighted by Gasteiger charge is -2.18. The van der Waals surface area contributed by atoms with Gasteiger partial charge in [-0.25, -0.2) is 13.2 Å². The van der Waals surface area contributed by atoms with E-state index in [9.17, 15) is 13.2 Å². The van der Waals surface area contributed by atoms with Crippen LogP contribution in [0.15, 0.2) is 59.5 Å². The highest BCUT2D eigenvalue weighted by atomic mass is 32.2. The van der Waals surface area contributed by atoms with Crippen LogP contribution < -0.4 is 9.04 Å². The molecule has 6 heteroatoms. The molecule has 0 N–H and O–H groups in total. The first-order chi connectivity index (χ1) is 12.4. The van der Waals surface area contributed by atoms with Gasteiger partial charge in [0.1, 0.15) is 12.3 Å². The van der Waals surface area contributed by atoms with Crippen molar-refractivity contribution in [3.8, 4) is 5.75 Å². The van der Waals surface area contributed by atoms with Crippen molar-refractivity contribution >= 4 is 32.5 Å². The van der Waals surface area contributed by atoms with Crippen LogP contribution in [0.1, 0.15) is 11.1 Å². The van der Waals surface area contributed by atoms with E-state index in [0.717, 1.165) is 20.8 Å². The Balaban J connectivity index is 1.67. The zero-order valence-electron chi connectivity index (χ0n) is 14.4. The Morgan fingerprint density at radius 3 is 2.50 bits per heavy atom. The lowest BCUT2D eigenvalue weighted by atomic mass is 10.1. The number of hydrogen-bond donors (Lipinski definition) is 0. The Kier molecular flexibility index (Phi) is 3.73. The van der Waals surface area contributed by atoms with Gasteiger partial charge in [0.2, 0.25) is 0 Å². The Morgan fingerprint density at radius 2 is 1.77 bits per heavy atom. The third-order valence-corrected chi connectivity index (χ3v) is 6.31. The van der Waals surface area contributed by atoms with Crippen LogP contribution >= 0.6 is 0 Å². The summed E-state index contributed by atoms with van der Waals surface area (Å²) in [6.07, 6.45) is 0. The fourth-order valence-electron chi connectivity index (χ4n) is 3.31. The molecule has 0 aliphatic carbocycles. The number of anilines is 1. The first-order valence-corrected chi connectivity index (χ1v) is 9.64. The van der Waals surface area contributed by atoms with Gasteiger partial charge >= 0.3 is 5.97 Å². The summed E-state index contributed by atoms with van der Waals surface area (Å²) in [7, 11) is -3.77. The molecule has 26 heavy (non-hydrogen) atoms. The standard InChI is InChI=1S/C20H17NO4S/c1-13-9-10-17(14(2)11-13)25-19(22)12-21-16-7-3-5-15-6-4-8-18(20(15)16)26(21,23)24/h3-11H,12H2,1-2H3. The van der Waals surface area contributed by atoms with Crippen molar-refractivity contribution in [3.63, 3.8) is 0 Å². The number of hydrogen-bond acceptors (Lipinski definition) is 4. The summed E-state index contributed by atoms with van der Waals surface area (Å²) in [5.74, 6) is -0.182. The van der Waals surface area contributed by atoms with Gasteiger partial charge in [-0.15, -0.1) is 0 Å². The maximum absolute atomic E-state index is 12.9. The van der Waals surface area contributed by atoms with Gasteiger partial charge in [0.25, 0.3) is 10.0 Å². The molecule has 0 saturated carbocycles. The van der Waals surface area contributed by atoms with Crippen molar-refractivity contribution in [1.82, 2.24) is 0 Å². The molecule has 3 aromatic carbocycles. The number of rotatable bonds is 3. The first kappa shape index (κ1) is 16.6. The minimum atomic E-state index is -3.77. The first-order valence-electron chi connectivity index (χ1n) is 8.20. The summed E-state index contributed by atoms with van der Waals surface area (Å²) in [6, 6.07) is 15.9. The normalized spacial score (nSPS) is 14.6. The van der Waals surface area contributed by atoms with Crippen LogP contribution in [0.4, 0.5) is 5.69 Å². The molecule has 0 bridgehead atoms. The highest BCUT2D eigenvalue weighted by Gasteiger charge is 2.37. The predicted octanol–water partition coefficient (Wildman–Crippen LogP) is 3.57. The van der Waals surface area contributed by atoms with E-state index in [1.165, 1.54) is 0 Å². The molecule has 3 aromatic rings. The minimum Gasteiger partial charge on any atom is -0.425 e. The van der Waals surface area contributed by atoms with Crippen molar-refractivity contribution in [2.45, 2.75) is 18.7 Å². The van der Waals surface area contributed by atoms with E-state index in [2.05, 4.69) is 0 Å². The van der Waals surface area contributed by atoms with Crippen LogP contribution in [-0.4, -0.2) is 20.9 Å². The highest BCUT2D eigenvalue weighted by Crippen LogP contribution is 2.41. The molecule has 1 heterocycles. The molecule has 0 atom stereocenters. The smallest absolute Gasteiger partial charge is 0.332 e. The van der Waals surface area contributed by atoms with Gasteiger partial charge in [0, 0.05) is 5.39 Å². The van der Waals surface area contributed by atoms with Gasteiger partial charge in [-0.2, -0.15) is 0 Å². The molecule has 0 radical (unpaired) electrons. The van der Waals surface area contributed by atoms with E-state index in [1.54, 1.807) is 30.3 Å². The number of benzene rings is 3. The third-order valence-electron chi connectivity index (χ3n) is 4.51. The number of carbonyl (C=O) groups excluding carboxylic acids is 1. The lowest BCUT2D eigenvalue weighted by Crippen LogP contribution is -2.34. The lowest BCUT2D eigenvalue weighted by molar-refractivity contribution is -0.132. The van der Waals surface area contributed by atoms with Gasteiger partial charge in [-0.1, -0.05) is 42.0 Å². The molecular formula is C20H17NO4S. The summed E-state index contributed by atoms with van der Waals surface area (Å²) in [5.41, 5.74) is 2.40. The van der Waals surface area contributed by atoms with Crippen molar-refractivity contribution < 1.29 is 17.9 Å². The summed E-state index contributed by atoms with van der Waals surface area (Å²) in [6.45, 7) is 3.43. The van der Waals surface area contributed by atoms with E-state index >= 15 is 0 Å². The number of carbonyl (C=O) groups is 1. The van der Waals surface area contributed by atoms with Crippen molar-refractivity contribution in [1.29, 1.82) is 0 Å². The Morgan fingerprint density at radius 1 is 1.04 bits per heavy atom. The van der Waals surface area contributed by atoms with Crippen molar-refractivity contribution in [3.05, 3.63) is 65.7 Å². The number of aryl methyl sites for hydroxylation is 2. The van der Waals surface area contributed by atoms with E-state index < -0.39 is 16.0 Å². The number of esters is 1. The largest absolute Gasteiger partial charge is 0.425 e. The van der Waals surface area contributed by atoms with Gasteiger partial charge in [0.15, 0.2) is 0 Å². The van der Waals surface area contributed by atoms with Crippen LogP contribution in [0.25, 0.3) is 10.8 Å². The number of ether oxygens (including phenoxy) is 1. The molecule has 0 unspecified atom stereocenters. The third kappa shape index (κ3) is 2.54. The van der Waals surface area contributed by atoms with Crippen LogP contribution in [0.3, 0.4) is 0 Å². The monoisotopic (exact) mass is 367 g/mol. The number of sulfonamides is 1. The van der Waals surface area contributed by atoms with Gasteiger partial charge in [0.05, 0.1) is 10.6 Å². The molecule has 4 rings (SSSR count). The molecule has 0 saturated heterocycles. The zero-order valence-corrected chi connectivity index (χ0v) is 15.2. The average molecular weight is 367 g/mol. The number of nitrogens with zero attached hydrogens (tertiary/aromatic N) is 1. The summed E-state index contributed by atoms with van der Waals surface area (Å²) < 4.78 is 32.3. The quantitative estimate of drug-likeness (QED) is 0.524. The zero-order chi connectivity index (χ0) is 18.5. The van der Waals surface area contributed by atoms with E-state index in [0.29, 0.717) is 16.8 Å². The van der Waals surface area contributed by atoms with E-state index in [1.807, 2.05) is 38.1 Å². The molecule has 0 fully saturated rings. The van der Waals surface area contributed by atoms with Crippen LogP contribution in [0.5, 0.6) is 5.75 Å². The summed E-state index contributed by atoms with van der Waals surface area (Å²) in [4.78, 5) is 12.7. The Labute approximate surface area is 151 Å². The second-order valence-electron chi connectivity index (χ2n) is 6.39. The van der Waals surface area contributed by atoms with E-state index in [-0.39, 0.29) is 11.4 Å². The van der Waals surface area contributed by atoms with Gasteiger partial charge in [-0.05, 0) is 43.0 Å². The van der Waals surface area contributed by atoms with Gasteiger partial charge in [-0.3, -0.25) is 4.31 Å². The van der Waals surface area contributed by atoms with E-state index in [4.69, 9.17) is 4.74 Å². The molecule has 1 aliphatic heterocycles. The van der Waals surface area contributed by atoms with Crippen molar-refractivity contribution in [2.24, 2.45) is 0 Å². The molecule has 132 valence electrons. The van der Waals surface area contributed by atoms with Crippen molar-refractivity contribution in [2.75, 3.05) is 10.8 Å². The fraction of sp³-hybridized carbons (Fsp3) is 0.150. The molecule has 5 nitrogen and oxygen atoms in total. The topological polar surface area (TPSA) is 63.7 Å². The molecule has 0 spiro atoms. The molecular weight excluding hydrogens is 350 g/mol. The highest BCUT2D eigenvalue weighted by molar-refractivity contribution is 7.93. The van der Waals surface area contributed by atoms with Crippen LogP contribution in [0.2, 0.25) is 0 Å². The minimum absolute atomic E-state index is 0.227. The van der Waals surface area contributed by atoms with Gasteiger partial charge < -0.3 is 4.74 Å². The van der Waals surface area contributed by atoms with Crippen LogP contribution in [-0.2, 0) is 14.8 Å². The Bertz CT molecular complexity index is 1150. The SMILES string of the molecule is Cc1ccc(OC(=O)CN2c3cccc4cccc(c34)S2(=O)=O)c(C)c1. The average Bonchev–Trinajstić information content (AvgIpc) is 2.81. The second-order valence-corrected chi connectivity index (χ2v) is 8.22. The second kappa shape index (κ2) is 5.85. The summed E-state index contributed by atoms with van der Waals surface area (Å²) in [5, 5.41) is 1.48. The fourth-order valence-corrected chi connectivity index (χ4v) is 4.97.